The third-order valence-corrected chi connectivity index (χ3v) is 4.06. The Labute approximate surface area is 156 Å². The molecule has 27 heavy (non-hydrogen) atoms. The first-order valence-corrected chi connectivity index (χ1v) is 8.57. The van der Waals surface area contributed by atoms with Crippen LogP contribution < -0.4 is 10.1 Å². The van der Waals surface area contributed by atoms with Gasteiger partial charge in [-0.25, -0.2) is 4.79 Å². The van der Waals surface area contributed by atoms with E-state index in [9.17, 15) is 9.59 Å². The lowest BCUT2D eigenvalue weighted by Crippen LogP contribution is -2.23. The van der Waals surface area contributed by atoms with Gasteiger partial charge in [0.05, 0.1) is 0 Å². The van der Waals surface area contributed by atoms with Gasteiger partial charge in [-0.05, 0) is 35.7 Å². The van der Waals surface area contributed by atoms with E-state index in [4.69, 9.17) is 9.84 Å². The van der Waals surface area contributed by atoms with Crippen LogP contribution in [-0.4, -0.2) is 28.5 Å². The van der Waals surface area contributed by atoms with E-state index in [1.165, 1.54) is 0 Å². The molecule has 0 radical (unpaired) electrons. The second-order valence-electron chi connectivity index (χ2n) is 6.01. The van der Waals surface area contributed by atoms with Crippen LogP contribution in [0.5, 0.6) is 5.75 Å². The number of benzene rings is 2. The summed E-state index contributed by atoms with van der Waals surface area (Å²) in [7, 11) is 0. The first-order chi connectivity index (χ1) is 13.1. The fourth-order valence-corrected chi connectivity index (χ4v) is 2.72. The third kappa shape index (κ3) is 5.22. The maximum Gasteiger partial charge on any atom is 0.328 e. The molecule has 0 aliphatic rings. The SMILES string of the molecule is O=C(O)C=CC(=O)NCCc1c[nH]c2ccc(OCc3ccccc3)cc12. The molecule has 0 saturated carbocycles. The van der Waals surface area contributed by atoms with Crippen LogP contribution in [0.4, 0.5) is 0 Å². The van der Waals surface area contributed by atoms with E-state index >= 15 is 0 Å². The Morgan fingerprint density at radius 1 is 1.11 bits per heavy atom. The second-order valence-corrected chi connectivity index (χ2v) is 6.01. The highest BCUT2D eigenvalue weighted by Crippen LogP contribution is 2.24. The maximum absolute atomic E-state index is 11.5. The molecular formula is C21H20N2O4. The average molecular weight is 364 g/mol. The number of fused-ring (bicyclic) bond motifs is 1. The number of aliphatic carboxylic acids is 1. The van der Waals surface area contributed by atoms with Crippen LogP contribution in [0.2, 0.25) is 0 Å². The lowest BCUT2D eigenvalue weighted by Gasteiger charge is -2.07. The van der Waals surface area contributed by atoms with E-state index < -0.39 is 11.9 Å². The van der Waals surface area contributed by atoms with Gasteiger partial charge in [-0.1, -0.05) is 30.3 Å². The average Bonchev–Trinajstić information content (AvgIpc) is 3.08. The van der Waals surface area contributed by atoms with Gasteiger partial charge in [-0.3, -0.25) is 4.79 Å². The number of carbonyl (C=O) groups is 2. The minimum absolute atomic E-state index is 0.408. The number of hydrogen-bond donors (Lipinski definition) is 3. The molecule has 0 spiro atoms. The molecule has 1 heterocycles. The lowest BCUT2D eigenvalue weighted by atomic mass is 10.1. The molecule has 0 unspecified atom stereocenters. The number of rotatable bonds is 8. The molecule has 138 valence electrons. The van der Waals surface area contributed by atoms with Gasteiger partial charge in [0.15, 0.2) is 0 Å². The molecule has 3 rings (SSSR count). The van der Waals surface area contributed by atoms with Gasteiger partial charge in [-0.2, -0.15) is 0 Å². The zero-order chi connectivity index (χ0) is 19.1. The standard InChI is InChI=1S/C21H20N2O4/c24-20(8-9-21(25)26)22-11-10-16-13-23-19-7-6-17(12-18(16)19)27-14-15-4-2-1-3-5-15/h1-9,12-13,23H,10-11,14H2,(H,22,24)(H,25,26). The summed E-state index contributed by atoms with van der Waals surface area (Å²) in [5.41, 5.74) is 3.15. The van der Waals surface area contributed by atoms with E-state index in [2.05, 4.69) is 10.3 Å². The fraction of sp³-hybridized carbons (Fsp3) is 0.143. The minimum Gasteiger partial charge on any atom is -0.489 e. The molecule has 0 bridgehead atoms. The Morgan fingerprint density at radius 3 is 2.70 bits per heavy atom. The molecule has 0 saturated heterocycles. The first-order valence-electron chi connectivity index (χ1n) is 8.57. The number of aromatic amines is 1. The van der Waals surface area contributed by atoms with Crippen molar-refractivity contribution in [1.29, 1.82) is 0 Å². The van der Waals surface area contributed by atoms with Gasteiger partial charge >= 0.3 is 5.97 Å². The molecule has 0 aliphatic carbocycles. The van der Waals surface area contributed by atoms with E-state index in [1.54, 1.807) is 0 Å². The second kappa shape index (κ2) is 8.71. The van der Waals surface area contributed by atoms with Crippen molar-refractivity contribution in [3.05, 3.63) is 78.0 Å². The quantitative estimate of drug-likeness (QED) is 0.536. The normalized spacial score (nSPS) is 11.0. The maximum atomic E-state index is 11.5. The van der Waals surface area contributed by atoms with Crippen molar-refractivity contribution < 1.29 is 19.4 Å². The molecular weight excluding hydrogens is 344 g/mol. The van der Waals surface area contributed by atoms with Crippen molar-refractivity contribution in [1.82, 2.24) is 10.3 Å². The summed E-state index contributed by atoms with van der Waals surface area (Å²) in [6, 6.07) is 15.8. The summed E-state index contributed by atoms with van der Waals surface area (Å²) in [5.74, 6) is -0.797. The highest BCUT2D eigenvalue weighted by Gasteiger charge is 2.06. The molecule has 0 fully saturated rings. The summed E-state index contributed by atoms with van der Waals surface area (Å²) in [5, 5.41) is 12.2. The molecule has 0 atom stereocenters. The van der Waals surface area contributed by atoms with E-state index in [0.29, 0.717) is 19.6 Å². The number of H-pyrrole nitrogens is 1. The van der Waals surface area contributed by atoms with Gasteiger partial charge < -0.3 is 20.1 Å². The molecule has 3 aromatic rings. The summed E-state index contributed by atoms with van der Waals surface area (Å²) in [6.07, 6.45) is 4.35. The zero-order valence-electron chi connectivity index (χ0n) is 14.6. The van der Waals surface area contributed by atoms with Crippen LogP contribution in [0.1, 0.15) is 11.1 Å². The highest BCUT2D eigenvalue weighted by molar-refractivity contribution is 5.93. The number of aromatic nitrogens is 1. The zero-order valence-corrected chi connectivity index (χ0v) is 14.6. The Balaban J connectivity index is 1.61. The van der Waals surface area contributed by atoms with Gasteiger partial charge in [-0.15, -0.1) is 0 Å². The number of ether oxygens (including phenoxy) is 1. The Bertz CT molecular complexity index is 961. The number of carboxylic acids is 1. The minimum atomic E-state index is -1.15. The summed E-state index contributed by atoms with van der Waals surface area (Å²) >= 11 is 0. The van der Waals surface area contributed by atoms with Crippen molar-refractivity contribution in [2.24, 2.45) is 0 Å². The van der Waals surface area contributed by atoms with Crippen LogP contribution >= 0.6 is 0 Å². The Morgan fingerprint density at radius 2 is 1.93 bits per heavy atom. The molecule has 0 aliphatic heterocycles. The van der Waals surface area contributed by atoms with Gasteiger partial charge in [0, 0.05) is 35.8 Å². The van der Waals surface area contributed by atoms with Crippen molar-refractivity contribution in [3.8, 4) is 5.75 Å². The molecule has 3 N–H and O–H groups in total. The predicted molar refractivity (Wildman–Crippen MR) is 103 cm³/mol. The molecule has 1 amide bonds. The van der Waals surface area contributed by atoms with Gasteiger partial charge in [0.25, 0.3) is 0 Å². The van der Waals surface area contributed by atoms with Crippen LogP contribution in [0, 0.1) is 0 Å². The monoisotopic (exact) mass is 364 g/mol. The lowest BCUT2D eigenvalue weighted by molar-refractivity contribution is -0.131. The summed E-state index contributed by atoms with van der Waals surface area (Å²) < 4.78 is 5.87. The number of nitrogens with one attached hydrogen (secondary N) is 2. The number of carbonyl (C=O) groups excluding carboxylic acids is 1. The Hall–Kier alpha value is -3.54. The number of carboxylic acid groups (broad SMARTS) is 1. The van der Waals surface area contributed by atoms with Crippen molar-refractivity contribution >= 4 is 22.8 Å². The fourth-order valence-electron chi connectivity index (χ4n) is 2.72. The topological polar surface area (TPSA) is 91.4 Å². The largest absolute Gasteiger partial charge is 0.489 e. The smallest absolute Gasteiger partial charge is 0.328 e. The van der Waals surface area contributed by atoms with Gasteiger partial charge in [0.1, 0.15) is 12.4 Å². The van der Waals surface area contributed by atoms with Crippen LogP contribution in [0.25, 0.3) is 10.9 Å². The summed E-state index contributed by atoms with van der Waals surface area (Å²) in [6.45, 7) is 0.906. The van der Waals surface area contributed by atoms with Crippen molar-refractivity contribution in [2.45, 2.75) is 13.0 Å². The Kier molecular flexibility index (Phi) is 5.89. The van der Waals surface area contributed by atoms with Gasteiger partial charge in [0.2, 0.25) is 5.91 Å². The van der Waals surface area contributed by atoms with Crippen LogP contribution in [0.3, 0.4) is 0 Å². The summed E-state index contributed by atoms with van der Waals surface area (Å²) in [4.78, 5) is 25.1. The van der Waals surface area contributed by atoms with E-state index in [0.717, 1.165) is 39.9 Å². The molecule has 2 aromatic carbocycles. The first kappa shape index (κ1) is 18.3. The predicted octanol–water partition coefficient (Wildman–Crippen LogP) is 3.05. The highest BCUT2D eigenvalue weighted by atomic mass is 16.5. The van der Waals surface area contributed by atoms with Crippen molar-refractivity contribution in [2.75, 3.05) is 6.54 Å². The van der Waals surface area contributed by atoms with Crippen molar-refractivity contribution in [3.63, 3.8) is 0 Å². The van der Waals surface area contributed by atoms with Crippen LogP contribution in [0.15, 0.2) is 66.9 Å². The molecule has 1 aromatic heterocycles. The molecule has 6 nitrogen and oxygen atoms in total. The van der Waals surface area contributed by atoms with E-state index in [-0.39, 0.29) is 0 Å². The van der Waals surface area contributed by atoms with Crippen LogP contribution in [-0.2, 0) is 22.6 Å². The number of amides is 1. The third-order valence-electron chi connectivity index (χ3n) is 4.06. The van der Waals surface area contributed by atoms with E-state index in [1.807, 2.05) is 54.7 Å². The number of hydrogen-bond acceptors (Lipinski definition) is 3. The molecule has 6 heteroatoms.